The van der Waals surface area contributed by atoms with E-state index in [2.05, 4.69) is 34.6 Å². The Morgan fingerprint density at radius 2 is 2.05 bits per heavy atom. The van der Waals surface area contributed by atoms with Crippen LogP contribution in [0.25, 0.3) is 11.0 Å². The average molecular weight is 275 g/mol. The van der Waals surface area contributed by atoms with E-state index in [1.807, 2.05) is 27.0 Å². The number of aromatic nitrogens is 3. The molecule has 0 aliphatic rings. The van der Waals surface area contributed by atoms with Crippen molar-refractivity contribution >= 4 is 22.8 Å². The summed E-state index contributed by atoms with van der Waals surface area (Å²) in [6, 6.07) is 1.80. The molecule has 2 aromatic rings. The van der Waals surface area contributed by atoms with Crippen molar-refractivity contribution in [1.29, 1.82) is 0 Å². The molecule has 0 radical (unpaired) electrons. The maximum Gasteiger partial charge on any atom is 0.319 e. The molecule has 0 spiro atoms. The average Bonchev–Trinajstić information content (AvgIpc) is 2.64. The standard InChI is InChI=1S/C14H21N5O/c1-8(2)9(3)16-14(20)17-11-6-12-10(4)18-19(5)13(12)15-7-11/h6-9H,1-5H3,(H2,16,17,20)/t9-/m1/s1. The summed E-state index contributed by atoms with van der Waals surface area (Å²) >= 11 is 0. The number of nitrogens with zero attached hydrogens (tertiary/aromatic N) is 3. The second-order valence-electron chi connectivity index (χ2n) is 5.44. The molecule has 2 amide bonds. The lowest BCUT2D eigenvalue weighted by Gasteiger charge is -2.17. The monoisotopic (exact) mass is 275 g/mol. The van der Waals surface area contributed by atoms with Gasteiger partial charge < -0.3 is 10.6 Å². The third kappa shape index (κ3) is 2.89. The summed E-state index contributed by atoms with van der Waals surface area (Å²) in [5.41, 5.74) is 2.38. The Balaban J connectivity index is 2.14. The van der Waals surface area contributed by atoms with E-state index in [4.69, 9.17) is 0 Å². The number of amides is 2. The Bertz CT molecular complexity index is 632. The Labute approximate surface area is 118 Å². The van der Waals surface area contributed by atoms with Crippen molar-refractivity contribution in [1.82, 2.24) is 20.1 Å². The first-order chi connectivity index (χ1) is 9.38. The minimum Gasteiger partial charge on any atom is -0.335 e. The van der Waals surface area contributed by atoms with Crippen LogP contribution in [0.4, 0.5) is 10.5 Å². The molecule has 0 aliphatic carbocycles. The minimum absolute atomic E-state index is 0.117. The van der Waals surface area contributed by atoms with Gasteiger partial charge in [-0.15, -0.1) is 0 Å². The van der Waals surface area contributed by atoms with Crippen LogP contribution in [0.3, 0.4) is 0 Å². The van der Waals surface area contributed by atoms with Crippen molar-refractivity contribution in [2.45, 2.75) is 33.7 Å². The molecule has 6 heteroatoms. The number of nitrogens with one attached hydrogen (secondary N) is 2. The highest BCUT2D eigenvalue weighted by atomic mass is 16.2. The van der Waals surface area contributed by atoms with Gasteiger partial charge in [0.2, 0.25) is 0 Å². The number of urea groups is 1. The van der Waals surface area contributed by atoms with E-state index < -0.39 is 0 Å². The summed E-state index contributed by atoms with van der Waals surface area (Å²) in [6.45, 7) is 8.04. The fourth-order valence-electron chi connectivity index (χ4n) is 1.92. The van der Waals surface area contributed by atoms with Gasteiger partial charge in [0.1, 0.15) is 0 Å². The molecule has 0 bridgehead atoms. The van der Waals surface area contributed by atoms with Crippen LogP contribution in [0.5, 0.6) is 0 Å². The molecule has 2 heterocycles. The second-order valence-corrected chi connectivity index (χ2v) is 5.44. The van der Waals surface area contributed by atoms with E-state index in [1.54, 1.807) is 10.9 Å². The van der Waals surface area contributed by atoms with Crippen LogP contribution in [0, 0.1) is 12.8 Å². The zero-order chi connectivity index (χ0) is 14.9. The Hall–Kier alpha value is -2.11. The van der Waals surface area contributed by atoms with E-state index in [0.717, 1.165) is 16.7 Å². The van der Waals surface area contributed by atoms with Gasteiger partial charge in [-0.3, -0.25) is 4.68 Å². The summed E-state index contributed by atoms with van der Waals surface area (Å²) in [5.74, 6) is 0.391. The van der Waals surface area contributed by atoms with Gasteiger partial charge in [-0.25, -0.2) is 9.78 Å². The van der Waals surface area contributed by atoms with Crippen molar-refractivity contribution in [3.63, 3.8) is 0 Å². The van der Waals surface area contributed by atoms with Gasteiger partial charge in [-0.1, -0.05) is 13.8 Å². The number of carbonyl (C=O) groups is 1. The summed E-state index contributed by atoms with van der Waals surface area (Å²) < 4.78 is 1.73. The van der Waals surface area contributed by atoms with E-state index in [0.29, 0.717) is 11.6 Å². The summed E-state index contributed by atoms with van der Waals surface area (Å²) in [4.78, 5) is 16.2. The van der Waals surface area contributed by atoms with Crippen molar-refractivity contribution < 1.29 is 4.79 Å². The molecule has 2 rings (SSSR count). The van der Waals surface area contributed by atoms with Gasteiger partial charge in [0.05, 0.1) is 17.6 Å². The fraction of sp³-hybridized carbons (Fsp3) is 0.500. The topological polar surface area (TPSA) is 71.8 Å². The number of fused-ring (bicyclic) bond motifs is 1. The van der Waals surface area contributed by atoms with Crippen LogP contribution in [0.2, 0.25) is 0 Å². The maximum atomic E-state index is 11.9. The predicted molar refractivity (Wildman–Crippen MR) is 79.7 cm³/mol. The molecule has 0 aromatic carbocycles. The molecule has 0 fully saturated rings. The number of hydrogen-bond donors (Lipinski definition) is 2. The zero-order valence-corrected chi connectivity index (χ0v) is 12.6. The van der Waals surface area contributed by atoms with Crippen LogP contribution < -0.4 is 10.6 Å². The largest absolute Gasteiger partial charge is 0.335 e. The van der Waals surface area contributed by atoms with Gasteiger partial charge >= 0.3 is 6.03 Å². The Kier molecular flexibility index (Phi) is 3.92. The van der Waals surface area contributed by atoms with E-state index >= 15 is 0 Å². The molecule has 6 nitrogen and oxygen atoms in total. The molecule has 20 heavy (non-hydrogen) atoms. The van der Waals surface area contributed by atoms with Crippen LogP contribution in [0.1, 0.15) is 26.5 Å². The van der Waals surface area contributed by atoms with Crippen molar-refractivity contribution in [2.75, 3.05) is 5.32 Å². The summed E-state index contributed by atoms with van der Waals surface area (Å²) in [6.07, 6.45) is 1.64. The number of carbonyl (C=O) groups excluding carboxylic acids is 1. The number of anilines is 1. The van der Waals surface area contributed by atoms with E-state index in [-0.39, 0.29) is 12.1 Å². The molecule has 0 saturated heterocycles. The minimum atomic E-state index is -0.214. The van der Waals surface area contributed by atoms with Gasteiger partial charge in [0, 0.05) is 18.5 Å². The van der Waals surface area contributed by atoms with Crippen molar-refractivity contribution in [3.8, 4) is 0 Å². The molecule has 0 saturated carbocycles. The van der Waals surface area contributed by atoms with Crippen molar-refractivity contribution in [3.05, 3.63) is 18.0 Å². The van der Waals surface area contributed by atoms with Gasteiger partial charge in [-0.2, -0.15) is 5.10 Å². The van der Waals surface area contributed by atoms with E-state index in [1.165, 1.54) is 0 Å². The molecular weight excluding hydrogens is 254 g/mol. The van der Waals surface area contributed by atoms with Gasteiger partial charge in [0.25, 0.3) is 0 Å². The number of pyridine rings is 1. The van der Waals surface area contributed by atoms with Crippen LogP contribution in [-0.4, -0.2) is 26.8 Å². The zero-order valence-electron chi connectivity index (χ0n) is 12.6. The van der Waals surface area contributed by atoms with Gasteiger partial charge in [0.15, 0.2) is 5.65 Å². The molecular formula is C14H21N5O. The van der Waals surface area contributed by atoms with Crippen LogP contribution in [0.15, 0.2) is 12.3 Å². The second kappa shape index (κ2) is 5.48. The first-order valence-electron chi connectivity index (χ1n) is 6.75. The van der Waals surface area contributed by atoms with Gasteiger partial charge in [-0.05, 0) is 25.8 Å². The highest BCUT2D eigenvalue weighted by Gasteiger charge is 2.12. The number of hydrogen-bond acceptors (Lipinski definition) is 3. The van der Waals surface area contributed by atoms with E-state index in [9.17, 15) is 4.79 Å². The molecule has 0 unspecified atom stereocenters. The SMILES string of the molecule is Cc1nn(C)c2ncc(NC(=O)N[C@H](C)C(C)C)cc12. The smallest absolute Gasteiger partial charge is 0.319 e. The number of rotatable bonds is 3. The molecule has 2 aromatic heterocycles. The predicted octanol–water partition coefficient (Wildman–Crippen LogP) is 2.44. The molecule has 0 aliphatic heterocycles. The normalized spacial score (nSPS) is 12.7. The third-order valence-electron chi connectivity index (χ3n) is 3.48. The molecule has 2 N–H and O–H groups in total. The Morgan fingerprint density at radius 1 is 1.35 bits per heavy atom. The third-order valence-corrected chi connectivity index (χ3v) is 3.48. The Morgan fingerprint density at radius 3 is 2.70 bits per heavy atom. The lowest BCUT2D eigenvalue weighted by atomic mass is 10.1. The quantitative estimate of drug-likeness (QED) is 0.903. The summed E-state index contributed by atoms with van der Waals surface area (Å²) in [7, 11) is 1.85. The first-order valence-corrected chi connectivity index (χ1v) is 6.75. The molecule has 1 atom stereocenters. The summed E-state index contributed by atoms with van der Waals surface area (Å²) in [5, 5.41) is 11.0. The van der Waals surface area contributed by atoms with Crippen LogP contribution in [-0.2, 0) is 7.05 Å². The highest BCUT2D eigenvalue weighted by Crippen LogP contribution is 2.19. The lowest BCUT2D eigenvalue weighted by Crippen LogP contribution is -2.39. The first kappa shape index (κ1) is 14.3. The lowest BCUT2D eigenvalue weighted by molar-refractivity contribution is 0.246. The highest BCUT2D eigenvalue weighted by molar-refractivity contribution is 5.92. The molecule has 108 valence electrons. The number of aryl methyl sites for hydroxylation is 2. The maximum absolute atomic E-state index is 11.9. The van der Waals surface area contributed by atoms with Crippen LogP contribution >= 0.6 is 0 Å². The fourth-order valence-corrected chi connectivity index (χ4v) is 1.92. The van der Waals surface area contributed by atoms with Crippen molar-refractivity contribution in [2.24, 2.45) is 13.0 Å².